The molecule has 2 aromatic heterocycles. The molecule has 0 spiro atoms. The first-order valence-corrected chi connectivity index (χ1v) is 9.88. The maximum Gasteiger partial charge on any atom is 0.269 e. The van der Waals surface area contributed by atoms with E-state index in [9.17, 15) is 14.4 Å². The van der Waals surface area contributed by atoms with Crippen LogP contribution >= 0.6 is 11.3 Å². The third kappa shape index (κ3) is 5.99. The molecule has 0 aliphatic carbocycles. The summed E-state index contributed by atoms with van der Waals surface area (Å²) < 4.78 is 2.23. The van der Waals surface area contributed by atoms with Crippen molar-refractivity contribution in [1.29, 1.82) is 0 Å². The number of nitrogens with one attached hydrogen (secondary N) is 1. The molecule has 0 aromatic carbocycles. The van der Waals surface area contributed by atoms with E-state index in [0.717, 1.165) is 0 Å². The minimum absolute atomic E-state index is 0.108. The summed E-state index contributed by atoms with van der Waals surface area (Å²) in [5.74, 6) is -0.391. The van der Waals surface area contributed by atoms with E-state index in [1.54, 1.807) is 24.4 Å². The number of hydrogen-bond donors (Lipinski definition) is 1. The van der Waals surface area contributed by atoms with E-state index in [-0.39, 0.29) is 23.8 Å². The van der Waals surface area contributed by atoms with E-state index in [1.165, 1.54) is 22.0 Å². The van der Waals surface area contributed by atoms with Gasteiger partial charge in [0.15, 0.2) is 5.78 Å². The molecule has 0 atom stereocenters. The van der Waals surface area contributed by atoms with Gasteiger partial charge in [-0.1, -0.05) is 26.8 Å². The molecule has 2 aromatic rings. The van der Waals surface area contributed by atoms with Crippen molar-refractivity contribution in [2.75, 3.05) is 0 Å². The highest BCUT2D eigenvalue weighted by Gasteiger charge is 2.20. The second-order valence-electron chi connectivity index (χ2n) is 8.65. The van der Waals surface area contributed by atoms with Gasteiger partial charge in [0.25, 0.3) is 5.56 Å². The summed E-state index contributed by atoms with van der Waals surface area (Å²) in [6.07, 6.45) is 4.77. The second-order valence-corrected chi connectivity index (χ2v) is 9.71. The molecular weight excluding hydrogens is 374 g/mol. The predicted octanol–water partition coefficient (Wildman–Crippen LogP) is 1.44. The van der Waals surface area contributed by atoms with Crippen molar-refractivity contribution in [2.45, 2.75) is 53.6 Å². The Morgan fingerprint density at radius 1 is 1.18 bits per heavy atom. The molecule has 28 heavy (non-hydrogen) atoms. The van der Waals surface area contributed by atoms with Crippen LogP contribution in [0.4, 0.5) is 0 Å². The SMILES string of the molecule is CC(C)(C)NC(=O)Cn1c(=O)/c(=C\c2ccccn2)s/c1=C\C(=O)C(C)(C)C. The molecule has 0 fully saturated rings. The van der Waals surface area contributed by atoms with Crippen LogP contribution in [-0.4, -0.2) is 26.8 Å². The van der Waals surface area contributed by atoms with E-state index >= 15 is 0 Å². The van der Waals surface area contributed by atoms with Gasteiger partial charge in [0, 0.05) is 23.2 Å². The van der Waals surface area contributed by atoms with Crippen molar-refractivity contribution in [3.63, 3.8) is 0 Å². The maximum absolute atomic E-state index is 12.9. The monoisotopic (exact) mass is 401 g/mol. The molecule has 0 unspecified atom stereocenters. The van der Waals surface area contributed by atoms with E-state index in [4.69, 9.17) is 0 Å². The topological polar surface area (TPSA) is 81.1 Å². The lowest BCUT2D eigenvalue weighted by Gasteiger charge is -2.20. The fraction of sp³-hybridized carbons (Fsp3) is 0.429. The lowest BCUT2D eigenvalue weighted by atomic mass is 9.91. The number of Topliss-reactive ketones (excluding diaryl/α,β-unsaturated/α-hetero) is 1. The van der Waals surface area contributed by atoms with Crippen LogP contribution in [-0.2, 0) is 16.1 Å². The number of aromatic nitrogens is 2. The largest absolute Gasteiger partial charge is 0.350 e. The fourth-order valence-corrected chi connectivity index (χ4v) is 3.34. The molecule has 0 aliphatic heterocycles. The molecule has 7 heteroatoms. The number of rotatable bonds is 4. The Bertz CT molecular complexity index is 1040. The highest BCUT2D eigenvalue weighted by molar-refractivity contribution is 7.07. The average molecular weight is 402 g/mol. The van der Waals surface area contributed by atoms with Gasteiger partial charge in [-0.3, -0.25) is 23.9 Å². The number of thiazole rings is 1. The Hall–Kier alpha value is -2.54. The smallest absolute Gasteiger partial charge is 0.269 e. The molecule has 2 heterocycles. The lowest BCUT2D eigenvalue weighted by Crippen LogP contribution is -2.45. The minimum Gasteiger partial charge on any atom is -0.350 e. The number of hydrogen-bond acceptors (Lipinski definition) is 5. The molecule has 0 saturated heterocycles. The molecule has 0 bridgehead atoms. The molecule has 0 saturated carbocycles. The Morgan fingerprint density at radius 2 is 1.86 bits per heavy atom. The summed E-state index contributed by atoms with van der Waals surface area (Å²) in [5, 5.41) is 2.85. The number of amides is 1. The molecule has 1 amide bonds. The van der Waals surface area contributed by atoms with Crippen LogP contribution in [0, 0.1) is 5.41 Å². The zero-order valence-corrected chi connectivity index (χ0v) is 18.0. The molecular formula is C21H27N3O3S. The van der Waals surface area contributed by atoms with E-state index < -0.39 is 11.0 Å². The third-order valence-electron chi connectivity index (χ3n) is 3.71. The van der Waals surface area contributed by atoms with Crippen LogP contribution in [0.3, 0.4) is 0 Å². The Balaban J connectivity index is 2.59. The van der Waals surface area contributed by atoms with Gasteiger partial charge in [-0.05, 0) is 39.0 Å². The van der Waals surface area contributed by atoms with Crippen molar-refractivity contribution in [1.82, 2.24) is 14.9 Å². The minimum atomic E-state index is -0.580. The van der Waals surface area contributed by atoms with E-state index in [2.05, 4.69) is 10.3 Å². The number of nitrogens with zero attached hydrogens (tertiary/aromatic N) is 2. The quantitative estimate of drug-likeness (QED) is 0.841. The summed E-state index contributed by atoms with van der Waals surface area (Å²) in [6.45, 7) is 10.9. The maximum atomic E-state index is 12.9. The molecule has 0 radical (unpaired) electrons. The number of pyridine rings is 1. The van der Waals surface area contributed by atoms with Crippen LogP contribution in [0.5, 0.6) is 0 Å². The van der Waals surface area contributed by atoms with Crippen molar-refractivity contribution in [3.05, 3.63) is 49.6 Å². The summed E-state index contributed by atoms with van der Waals surface area (Å²) in [5.41, 5.74) is -0.665. The first kappa shape index (κ1) is 21.8. The molecule has 6 nitrogen and oxygen atoms in total. The van der Waals surface area contributed by atoms with E-state index in [0.29, 0.717) is 14.9 Å². The van der Waals surface area contributed by atoms with Crippen LogP contribution < -0.4 is 20.1 Å². The summed E-state index contributed by atoms with van der Waals surface area (Å²) in [4.78, 5) is 42.0. The van der Waals surface area contributed by atoms with Crippen molar-refractivity contribution in [3.8, 4) is 0 Å². The molecule has 150 valence electrons. The van der Waals surface area contributed by atoms with Gasteiger partial charge in [0.05, 0.1) is 10.2 Å². The van der Waals surface area contributed by atoms with Gasteiger partial charge >= 0.3 is 0 Å². The highest BCUT2D eigenvalue weighted by atomic mass is 32.1. The van der Waals surface area contributed by atoms with Crippen LogP contribution in [0.2, 0.25) is 0 Å². The number of ketones is 1. The van der Waals surface area contributed by atoms with Crippen molar-refractivity contribution in [2.24, 2.45) is 5.41 Å². The Morgan fingerprint density at radius 3 is 2.39 bits per heavy atom. The average Bonchev–Trinajstić information content (AvgIpc) is 2.82. The zero-order valence-electron chi connectivity index (χ0n) is 17.2. The normalized spacial score (nSPS) is 13.6. The highest BCUT2D eigenvalue weighted by Crippen LogP contribution is 2.14. The van der Waals surface area contributed by atoms with Crippen LogP contribution in [0.1, 0.15) is 47.2 Å². The van der Waals surface area contributed by atoms with Gasteiger partial charge in [-0.2, -0.15) is 0 Å². The van der Waals surface area contributed by atoms with E-state index in [1.807, 2.05) is 47.6 Å². The van der Waals surface area contributed by atoms with Crippen LogP contribution in [0.25, 0.3) is 12.2 Å². The molecule has 2 rings (SSSR count). The first-order chi connectivity index (χ1) is 12.9. The van der Waals surface area contributed by atoms with Gasteiger partial charge in [-0.25, -0.2) is 0 Å². The van der Waals surface area contributed by atoms with Gasteiger partial charge < -0.3 is 5.32 Å². The lowest BCUT2D eigenvalue weighted by molar-refractivity contribution is -0.123. The number of carbonyl (C=O) groups excluding carboxylic acids is 2. The Kier molecular flexibility index (Phi) is 6.39. The van der Waals surface area contributed by atoms with Crippen molar-refractivity contribution >= 4 is 35.2 Å². The second kappa shape index (κ2) is 8.22. The van der Waals surface area contributed by atoms with Gasteiger partial charge in [0.1, 0.15) is 11.2 Å². The van der Waals surface area contributed by atoms with Crippen molar-refractivity contribution < 1.29 is 9.59 Å². The Labute approximate surface area is 168 Å². The standard InChI is InChI=1S/C21H27N3O3S/c1-20(2,3)16(25)12-18-24(13-17(26)23-21(4,5)6)19(27)15(28-18)11-14-9-7-8-10-22-14/h7-12H,13H2,1-6H3,(H,23,26)/b15-11+,18-12-. The summed E-state index contributed by atoms with van der Waals surface area (Å²) >= 11 is 1.18. The molecule has 0 aliphatic rings. The summed E-state index contributed by atoms with van der Waals surface area (Å²) in [7, 11) is 0. The zero-order chi connectivity index (χ0) is 21.1. The fourth-order valence-electron chi connectivity index (χ4n) is 2.32. The van der Waals surface area contributed by atoms with Crippen LogP contribution in [0.15, 0.2) is 29.2 Å². The van der Waals surface area contributed by atoms with Gasteiger partial charge in [-0.15, -0.1) is 11.3 Å². The molecule has 1 N–H and O–H groups in total. The number of carbonyl (C=O) groups is 2. The van der Waals surface area contributed by atoms with Gasteiger partial charge in [0.2, 0.25) is 5.91 Å². The third-order valence-corrected chi connectivity index (χ3v) is 4.77. The first-order valence-electron chi connectivity index (χ1n) is 9.06. The summed E-state index contributed by atoms with van der Waals surface area (Å²) in [6, 6.07) is 5.42. The predicted molar refractivity (Wildman–Crippen MR) is 112 cm³/mol.